The Hall–Kier alpha value is -2.12. The molecule has 0 spiro atoms. The van der Waals surface area contributed by atoms with Crippen molar-refractivity contribution in [1.29, 1.82) is 0 Å². The molecule has 0 fully saturated rings. The van der Waals surface area contributed by atoms with Gasteiger partial charge in [-0.15, -0.1) is 0 Å². The molecule has 0 saturated carbocycles. The molecule has 1 heterocycles. The Bertz CT molecular complexity index is 896. The molecule has 1 amide bonds. The SMILES string of the molecule is C[C@H](Sc1nc2ccc(Cl)cc2o1)C(=O)Nc1c(F)cccc1F. The van der Waals surface area contributed by atoms with Crippen LogP contribution in [0.2, 0.25) is 5.02 Å². The standard InChI is InChI=1S/C16H11ClF2N2O2S/c1-8(15(22)21-14-10(18)3-2-4-11(14)19)24-16-20-12-6-5-9(17)7-13(12)23-16/h2-8H,1H3,(H,21,22)/t8-/m0/s1. The maximum absolute atomic E-state index is 13.6. The summed E-state index contributed by atoms with van der Waals surface area (Å²) in [7, 11) is 0. The summed E-state index contributed by atoms with van der Waals surface area (Å²) in [6, 6.07) is 8.36. The van der Waals surface area contributed by atoms with Gasteiger partial charge in [0.1, 0.15) is 22.8 Å². The van der Waals surface area contributed by atoms with Crippen LogP contribution < -0.4 is 5.32 Å². The van der Waals surface area contributed by atoms with Crippen LogP contribution in [0.25, 0.3) is 11.1 Å². The molecule has 124 valence electrons. The quantitative estimate of drug-likeness (QED) is 0.667. The number of oxazole rings is 1. The van der Waals surface area contributed by atoms with E-state index < -0.39 is 28.5 Å². The van der Waals surface area contributed by atoms with E-state index in [1.807, 2.05) is 0 Å². The number of aromatic nitrogens is 1. The molecule has 4 nitrogen and oxygen atoms in total. The summed E-state index contributed by atoms with van der Waals surface area (Å²) in [4.78, 5) is 16.4. The van der Waals surface area contributed by atoms with Crippen molar-refractivity contribution in [2.75, 3.05) is 5.32 Å². The fourth-order valence-corrected chi connectivity index (χ4v) is 2.89. The first-order chi connectivity index (χ1) is 11.4. The maximum atomic E-state index is 13.6. The number of nitrogens with one attached hydrogen (secondary N) is 1. The van der Waals surface area contributed by atoms with E-state index in [4.69, 9.17) is 16.0 Å². The van der Waals surface area contributed by atoms with Crippen molar-refractivity contribution in [3.8, 4) is 0 Å². The van der Waals surface area contributed by atoms with E-state index in [-0.39, 0.29) is 5.22 Å². The van der Waals surface area contributed by atoms with E-state index in [1.165, 1.54) is 6.07 Å². The number of thioether (sulfide) groups is 1. The van der Waals surface area contributed by atoms with Crippen molar-refractivity contribution in [3.63, 3.8) is 0 Å². The number of rotatable bonds is 4. The molecule has 8 heteroatoms. The number of para-hydroxylation sites is 1. The number of carbonyl (C=O) groups excluding carboxylic acids is 1. The molecule has 0 saturated heterocycles. The number of benzene rings is 2. The Morgan fingerprint density at radius 1 is 1.29 bits per heavy atom. The first-order valence-electron chi connectivity index (χ1n) is 6.91. The third-order valence-electron chi connectivity index (χ3n) is 3.19. The summed E-state index contributed by atoms with van der Waals surface area (Å²) in [6.07, 6.45) is 0. The number of hydrogen-bond acceptors (Lipinski definition) is 4. The molecule has 1 atom stereocenters. The van der Waals surface area contributed by atoms with Crippen LogP contribution in [0.3, 0.4) is 0 Å². The number of hydrogen-bond donors (Lipinski definition) is 1. The zero-order valence-electron chi connectivity index (χ0n) is 12.3. The van der Waals surface area contributed by atoms with Gasteiger partial charge in [-0.3, -0.25) is 4.79 Å². The number of amides is 1. The highest BCUT2D eigenvalue weighted by atomic mass is 35.5. The van der Waals surface area contributed by atoms with E-state index in [2.05, 4.69) is 10.3 Å². The lowest BCUT2D eigenvalue weighted by molar-refractivity contribution is -0.115. The molecule has 1 N–H and O–H groups in total. The van der Waals surface area contributed by atoms with Crippen LogP contribution in [-0.4, -0.2) is 16.1 Å². The Morgan fingerprint density at radius 3 is 2.71 bits per heavy atom. The second kappa shape index (κ2) is 6.78. The van der Waals surface area contributed by atoms with Gasteiger partial charge in [-0.05, 0) is 31.2 Å². The van der Waals surface area contributed by atoms with Gasteiger partial charge in [0.25, 0.3) is 5.22 Å². The Kier molecular flexibility index (Phi) is 4.73. The van der Waals surface area contributed by atoms with Crippen molar-refractivity contribution in [3.05, 3.63) is 53.1 Å². The van der Waals surface area contributed by atoms with Gasteiger partial charge >= 0.3 is 0 Å². The molecule has 3 rings (SSSR count). The number of anilines is 1. The van der Waals surface area contributed by atoms with Crippen LogP contribution >= 0.6 is 23.4 Å². The largest absolute Gasteiger partial charge is 0.431 e. The van der Waals surface area contributed by atoms with Crippen LogP contribution in [0.1, 0.15) is 6.92 Å². The van der Waals surface area contributed by atoms with E-state index in [1.54, 1.807) is 25.1 Å². The van der Waals surface area contributed by atoms with Crippen molar-refractivity contribution >= 4 is 46.1 Å². The van der Waals surface area contributed by atoms with Gasteiger partial charge in [0.15, 0.2) is 5.58 Å². The van der Waals surface area contributed by atoms with Crippen molar-refractivity contribution in [2.24, 2.45) is 0 Å². The van der Waals surface area contributed by atoms with Crippen molar-refractivity contribution < 1.29 is 18.0 Å². The molecule has 1 aromatic heterocycles. The Labute approximate surface area is 145 Å². The van der Waals surface area contributed by atoms with Crippen LogP contribution in [0, 0.1) is 11.6 Å². The fourth-order valence-electron chi connectivity index (χ4n) is 1.97. The summed E-state index contributed by atoms with van der Waals surface area (Å²) in [5, 5.41) is 2.35. The second-order valence-corrected chi connectivity index (χ2v) is 6.67. The number of nitrogens with zero attached hydrogens (tertiary/aromatic N) is 1. The molecule has 0 bridgehead atoms. The predicted octanol–water partition coefficient (Wildman–Crippen LogP) is 4.88. The summed E-state index contributed by atoms with van der Waals surface area (Å²) in [6.45, 7) is 1.58. The maximum Gasteiger partial charge on any atom is 0.257 e. The highest BCUT2D eigenvalue weighted by Gasteiger charge is 2.20. The second-order valence-electron chi connectivity index (χ2n) is 4.94. The Balaban J connectivity index is 1.73. The van der Waals surface area contributed by atoms with Gasteiger partial charge in [-0.25, -0.2) is 13.8 Å². The lowest BCUT2D eigenvalue weighted by Gasteiger charge is -2.11. The lowest BCUT2D eigenvalue weighted by atomic mass is 10.3. The van der Waals surface area contributed by atoms with Crippen LogP contribution in [0.5, 0.6) is 0 Å². The highest BCUT2D eigenvalue weighted by Crippen LogP contribution is 2.29. The van der Waals surface area contributed by atoms with Crippen molar-refractivity contribution in [1.82, 2.24) is 4.98 Å². The summed E-state index contributed by atoms with van der Waals surface area (Å²) in [5.74, 6) is -2.24. The normalized spacial score (nSPS) is 12.3. The summed E-state index contributed by atoms with van der Waals surface area (Å²) < 4.78 is 32.7. The molecule has 0 unspecified atom stereocenters. The van der Waals surface area contributed by atoms with Crippen LogP contribution in [0.15, 0.2) is 46.0 Å². The first-order valence-corrected chi connectivity index (χ1v) is 8.17. The topological polar surface area (TPSA) is 55.1 Å². The predicted molar refractivity (Wildman–Crippen MR) is 89.3 cm³/mol. The molecular formula is C16H11ClF2N2O2S. The molecule has 0 aliphatic carbocycles. The van der Waals surface area contributed by atoms with Crippen molar-refractivity contribution in [2.45, 2.75) is 17.4 Å². The number of fused-ring (bicyclic) bond motifs is 1. The van der Waals surface area contributed by atoms with Gasteiger partial charge in [0.2, 0.25) is 5.91 Å². The minimum absolute atomic E-state index is 0.268. The molecule has 0 radical (unpaired) electrons. The summed E-state index contributed by atoms with van der Waals surface area (Å²) in [5.41, 5.74) is 0.631. The van der Waals surface area contributed by atoms with Gasteiger partial charge in [-0.2, -0.15) is 0 Å². The molecular weight excluding hydrogens is 358 g/mol. The molecule has 3 aromatic rings. The average molecular weight is 369 g/mol. The van der Waals surface area contributed by atoms with E-state index in [9.17, 15) is 13.6 Å². The minimum atomic E-state index is -0.836. The summed E-state index contributed by atoms with van der Waals surface area (Å²) >= 11 is 6.91. The molecule has 0 aliphatic heterocycles. The van der Waals surface area contributed by atoms with E-state index in [0.29, 0.717) is 16.1 Å². The molecule has 2 aromatic carbocycles. The third-order valence-corrected chi connectivity index (χ3v) is 4.37. The fraction of sp³-hybridized carbons (Fsp3) is 0.125. The lowest BCUT2D eigenvalue weighted by Crippen LogP contribution is -2.23. The monoisotopic (exact) mass is 368 g/mol. The highest BCUT2D eigenvalue weighted by molar-refractivity contribution is 8.00. The zero-order valence-corrected chi connectivity index (χ0v) is 13.9. The third kappa shape index (κ3) is 3.52. The van der Waals surface area contributed by atoms with Crippen LogP contribution in [0.4, 0.5) is 14.5 Å². The Morgan fingerprint density at radius 2 is 2.00 bits per heavy atom. The van der Waals surface area contributed by atoms with Gasteiger partial charge < -0.3 is 9.73 Å². The number of carbonyl (C=O) groups is 1. The zero-order chi connectivity index (χ0) is 17.3. The van der Waals surface area contributed by atoms with Gasteiger partial charge in [0, 0.05) is 11.1 Å². The average Bonchev–Trinajstić information content (AvgIpc) is 2.92. The van der Waals surface area contributed by atoms with Gasteiger partial charge in [-0.1, -0.05) is 29.4 Å². The van der Waals surface area contributed by atoms with E-state index in [0.717, 1.165) is 23.9 Å². The first kappa shape index (κ1) is 16.7. The molecule has 0 aliphatic rings. The van der Waals surface area contributed by atoms with Crippen LogP contribution in [-0.2, 0) is 4.79 Å². The van der Waals surface area contributed by atoms with E-state index >= 15 is 0 Å². The van der Waals surface area contributed by atoms with Gasteiger partial charge in [0.05, 0.1) is 5.25 Å². The minimum Gasteiger partial charge on any atom is -0.431 e. The number of halogens is 3. The molecule has 24 heavy (non-hydrogen) atoms. The smallest absolute Gasteiger partial charge is 0.257 e.